The van der Waals surface area contributed by atoms with Crippen molar-refractivity contribution < 1.29 is 5.11 Å². The average molecular weight is 414 g/mol. The van der Waals surface area contributed by atoms with Crippen LogP contribution in [0.5, 0.6) is 0 Å². The molecule has 1 fully saturated rings. The minimum Gasteiger partial charge on any atom is -0.392 e. The molecule has 3 rings (SSSR count). The van der Waals surface area contributed by atoms with Crippen molar-refractivity contribution in [2.24, 2.45) is 0 Å². The van der Waals surface area contributed by atoms with Crippen molar-refractivity contribution in [3.05, 3.63) is 12.7 Å². The molecule has 7 nitrogen and oxygen atoms in total. The van der Waals surface area contributed by atoms with E-state index >= 15 is 0 Å². The van der Waals surface area contributed by atoms with Crippen LogP contribution in [-0.2, 0) is 6.54 Å². The van der Waals surface area contributed by atoms with Crippen LogP contribution in [0.4, 0.5) is 5.82 Å². The van der Waals surface area contributed by atoms with E-state index in [0.29, 0.717) is 0 Å². The lowest BCUT2D eigenvalue weighted by Gasteiger charge is -2.28. The Balaban J connectivity index is 0.00000192. The molecule has 3 heterocycles. The van der Waals surface area contributed by atoms with Crippen LogP contribution in [-0.4, -0.2) is 57.4 Å². The highest BCUT2D eigenvalue weighted by Gasteiger charge is 2.21. The van der Waals surface area contributed by atoms with Gasteiger partial charge in [0.25, 0.3) is 0 Å². The summed E-state index contributed by atoms with van der Waals surface area (Å²) >= 11 is 0. The third kappa shape index (κ3) is 5.56. The molecular weight excluding hydrogens is 387 g/mol. The van der Waals surface area contributed by atoms with Crippen molar-refractivity contribution in [1.82, 2.24) is 24.8 Å². The van der Waals surface area contributed by atoms with Crippen LogP contribution < -0.4 is 10.2 Å². The van der Waals surface area contributed by atoms with Crippen molar-refractivity contribution in [1.29, 1.82) is 0 Å². The fourth-order valence-corrected chi connectivity index (χ4v) is 3.07. The van der Waals surface area contributed by atoms with Gasteiger partial charge in [0.05, 0.1) is 12.4 Å². The number of hydrogen-bond donors (Lipinski definition) is 2. The Morgan fingerprint density at radius 1 is 1.24 bits per heavy atom. The van der Waals surface area contributed by atoms with Gasteiger partial charge in [-0.05, 0) is 32.2 Å². The monoisotopic (exact) mass is 412 g/mol. The van der Waals surface area contributed by atoms with Crippen molar-refractivity contribution in [3.63, 3.8) is 0 Å². The highest BCUT2D eigenvalue weighted by atomic mass is 35.5. The Morgan fingerprint density at radius 2 is 2.00 bits per heavy atom. The van der Waals surface area contributed by atoms with Gasteiger partial charge in [-0.15, -0.1) is 37.2 Å². The molecule has 0 radical (unpaired) electrons. The second-order valence-corrected chi connectivity index (χ2v) is 6.11. The fourth-order valence-electron chi connectivity index (χ4n) is 3.07. The maximum atomic E-state index is 9.99. The molecule has 2 aromatic rings. The van der Waals surface area contributed by atoms with E-state index in [4.69, 9.17) is 0 Å². The lowest BCUT2D eigenvalue weighted by molar-refractivity contribution is 0.0909. The van der Waals surface area contributed by atoms with Gasteiger partial charge in [-0.25, -0.2) is 15.0 Å². The van der Waals surface area contributed by atoms with E-state index in [2.05, 4.69) is 24.8 Å². The number of hydrogen-bond acceptors (Lipinski definition) is 6. The molecular formula is C15H27Cl3N6O. The summed E-state index contributed by atoms with van der Waals surface area (Å²) in [5, 5.41) is 13.4. The second-order valence-electron chi connectivity index (χ2n) is 6.11. The van der Waals surface area contributed by atoms with E-state index in [-0.39, 0.29) is 49.4 Å². The largest absolute Gasteiger partial charge is 0.392 e. The van der Waals surface area contributed by atoms with Crippen molar-refractivity contribution in [2.45, 2.75) is 44.4 Å². The summed E-state index contributed by atoms with van der Waals surface area (Å²) in [5.41, 5.74) is 1.71. The molecule has 2 aromatic heterocycles. The van der Waals surface area contributed by atoms with Gasteiger partial charge in [-0.2, -0.15) is 0 Å². The van der Waals surface area contributed by atoms with Gasteiger partial charge in [-0.1, -0.05) is 0 Å². The lowest BCUT2D eigenvalue weighted by atomic mass is 9.97. The van der Waals surface area contributed by atoms with Gasteiger partial charge in [0, 0.05) is 26.7 Å². The first kappa shape index (κ1) is 24.1. The number of aryl methyl sites for hydroxylation is 1. The summed E-state index contributed by atoms with van der Waals surface area (Å²) < 4.78 is 2.07. The molecule has 0 spiro atoms. The van der Waals surface area contributed by atoms with Gasteiger partial charge >= 0.3 is 0 Å². The molecule has 0 amide bonds. The van der Waals surface area contributed by atoms with E-state index in [1.54, 1.807) is 6.33 Å². The van der Waals surface area contributed by atoms with E-state index < -0.39 is 0 Å². The number of imidazole rings is 1. The zero-order valence-electron chi connectivity index (χ0n) is 14.5. The van der Waals surface area contributed by atoms with Gasteiger partial charge in [0.15, 0.2) is 17.0 Å². The molecule has 2 N–H and O–H groups in total. The van der Waals surface area contributed by atoms with Crippen molar-refractivity contribution in [3.8, 4) is 0 Å². The van der Waals surface area contributed by atoms with Gasteiger partial charge < -0.3 is 19.9 Å². The van der Waals surface area contributed by atoms with Gasteiger partial charge in [-0.3, -0.25) is 0 Å². The number of aliphatic hydroxyl groups excluding tert-OH is 1. The minimum atomic E-state index is -0.212. The summed E-state index contributed by atoms with van der Waals surface area (Å²) in [4.78, 5) is 15.0. The molecule has 25 heavy (non-hydrogen) atoms. The number of aliphatic hydroxyl groups is 1. The SMILES string of the molecule is CN(C)c1ncnc2c1ncn2CCC[C@H]1NCCC[C@@H]1O.Cl.Cl.Cl. The number of halogens is 3. The third-order valence-corrected chi connectivity index (χ3v) is 4.27. The minimum absolute atomic E-state index is 0. The Labute approximate surface area is 166 Å². The van der Waals surface area contributed by atoms with E-state index in [1.165, 1.54) is 0 Å². The van der Waals surface area contributed by atoms with Gasteiger partial charge in [0.2, 0.25) is 0 Å². The number of nitrogens with one attached hydrogen (secondary N) is 1. The molecule has 10 heteroatoms. The molecule has 0 bridgehead atoms. The number of nitrogens with zero attached hydrogens (tertiary/aromatic N) is 5. The lowest BCUT2D eigenvalue weighted by Crippen LogP contribution is -2.44. The highest BCUT2D eigenvalue weighted by Crippen LogP contribution is 2.20. The Bertz CT molecular complexity index is 639. The quantitative estimate of drug-likeness (QED) is 0.781. The number of piperidine rings is 1. The number of fused-ring (bicyclic) bond motifs is 1. The summed E-state index contributed by atoms with van der Waals surface area (Å²) in [7, 11) is 3.91. The molecule has 0 aromatic carbocycles. The first-order chi connectivity index (χ1) is 10.7. The topological polar surface area (TPSA) is 79.1 Å². The van der Waals surface area contributed by atoms with E-state index in [0.717, 1.165) is 55.8 Å². The Kier molecular flexibility index (Phi) is 10.6. The first-order valence-electron chi connectivity index (χ1n) is 7.91. The molecule has 0 saturated carbocycles. The van der Waals surface area contributed by atoms with Crippen LogP contribution in [0.3, 0.4) is 0 Å². The predicted molar refractivity (Wildman–Crippen MR) is 108 cm³/mol. The summed E-state index contributed by atoms with van der Waals surface area (Å²) in [5.74, 6) is 0.841. The number of aromatic nitrogens is 4. The molecule has 2 atom stereocenters. The van der Waals surface area contributed by atoms with Crippen LogP contribution in [0.1, 0.15) is 25.7 Å². The van der Waals surface area contributed by atoms with Crippen molar-refractivity contribution in [2.75, 3.05) is 25.5 Å². The Hall–Kier alpha value is -0.860. The summed E-state index contributed by atoms with van der Waals surface area (Å²) in [6.45, 7) is 1.86. The standard InChI is InChI=1S/C15H24N6O.3ClH/c1-20(2)14-13-15(18-9-17-14)21(10-19-13)8-4-5-11-12(22)6-3-7-16-11;;;/h9-12,16,22H,3-8H2,1-2H3;3*1H/t11-,12+;;;/m1.../s1. The highest BCUT2D eigenvalue weighted by molar-refractivity contribution is 5.86. The summed E-state index contributed by atoms with van der Waals surface area (Å²) in [6.07, 6.45) is 7.13. The summed E-state index contributed by atoms with van der Waals surface area (Å²) in [6, 6.07) is 0.218. The van der Waals surface area contributed by atoms with Crippen LogP contribution in [0.25, 0.3) is 11.2 Å². The van der Waals surface area contributed by atoms with Crippen molar-refractivity contribution >= 4 is 54.2 Å². The predicted octanol–water partition coefficient (Wildman–Crippen LogP) is 2.05. The average Bonchev–Trinajstić information content (AvgIpc) is 2.92. The molecule has 0 aliphatic carbocycles. The van der Waals surface area contributed by atoms with E-state index in [9.17, 15) is 5.11 Å². The van der Waals surface area contributed by atoms with E-state index in [1.807, 2.05) is 25.3 Å². The molecule has 1 saturated heterocycles. The zero-order chi connectivity index (χ0) is 15.5. The zero-order valence-corrected chi connectivity index (χ0v) is 16.9. The van der Waals surface area contributed by atoms with Gasteiger partial charge in [0.1, 0.15) is 6.33 Å². The maximum absolute atomic E-state index is 9.99. The van der Waals surface area contributed by atoms with Crippen LogP contribution in [0, 0.1) is 0 Å². The third-order valence-electron chi connectivity index (χ3n) is 4.27. The molecule has 1 aliphatic rings. The number of anilines is 1. The normalized spacial score (nSPS) is 19.5. The maximum Gasteiger partial charge on any atom is 0.165 e. The first-order valence-corrected chi connectivity index (χ1v) is 7.91. The fraction of sp³-hybridized carbons (Fsp3) is 0.667. The molecule has 0 unspecified atom stereocenters. The molecule has 1 aliphatic heterocycles. The number of rotatable bonds is 5. The second kappa shape index (κ2) is 11.0. The van der Waals surface area contributed by atoms with Crippen LogP contribution >= 0.6 is 37.2 Å². The Morgan fingerprint density at radius 3 is 2.68 bits per heavy atom. The van der Waals surface area contributed by atoms with Crippen LogP contribution in [0.2, 0.25) is 0 Å². The van der Waals surface area contributed by atoms with Crippen LogP contribution in [0.15, 0.2) is 12.7 Å². The molecule has 144 valence electrons. The smallest absolute Gasteiger partial charge is 0.165 e.